The van der Waals surface area contributed by atoms with Gasteiger partial charge in [-0.05, 0) is 30.3 Å². The number of hydrogen-bond acceptors (Lipinski definition) is 4. The van der Waals surface area contributed by atoms with Crippen LogP contribution in [-0.2, 0) is 9.59 Å². The molecule has 2 rings (SSSR count). The van der Waals surface area contributed by atoms with Crippen molar-refractivity contribution in [2.24, 2.45) is 0 Å². The lowest BCUT2D eigenvalue weighted by atomic mass is 10.3. The van der Waals surface area contributed by atoms with Gasteiger partial charge >= 0.3 is 5.97 Å². The van der Waals surface area contributed by atoms with Crippen molar-refractivity contribution >= 4 is 45.1 Å². The zero-order valence-electron chi connectivity index (χ0n) is 12.8. The molecule has 7 heteroatoms. The van der Waals surface area contributed by atoms with Crippen LogP contribution in [0.1, 0.15) is 13.3 Å². The third-order valence-corrected chi connectivity index (χ3v) is 3.70. The molecule has 126 valence electrons. The van der Waals surface area contributed by atoms with Crippen molar-refractivity contribution < 1.29 is 19.1 Å². The molecule has 0 saturated carbocycles. The van der Waals surface area contributed by atoms with Crippen LogP contribution >= 0.6 is 27.5 Å². The van der Waals surface area contributed by atoms with Crippen molar-refractivity contribution in [3.8, 4) is 11.5 Å². The molecule has 1 amide bonds. The third-order valence-electron chi connectivity index (χ3n) is 2.91. The summed E-state index contributed by atoms with van der Waals surface area (Å²) in [4.78, 5) is 23.2. The molecular formula is C17H15BrClNO4. The summed E-state index contributed by atoms with van der Waals surface area (Å²) in [5, 5.41) is 3.08. The minimum absolute atomic E-state index is 0.119. The monoisotopic (exact) mass is 411 g/mol. The molecule has 0 heterocycles. The number of hydrogen-bond donors (Lipinski definition) is 1. The summed E-state index contributed by atoms with van der Waals surface area (Å²) < 4.78 is 11.3. The molecule has 0 aromatic heterocycles. The second-order valence-electron chi connectivity index (χ2n) is 4.77. The second-order valence-corrected chi connectivity index (χ2v) is 6.09. The van der Waals surface area contributed by atoms with Crippen molar-refractivity contribution in [3.05, 3.63) is 52.0 Å². The highest BCUT2D eigenvalue weighted by Gasteiger charge is 2.09. The minimum Gasteiger partial charge on any atom is -0.480 e. The van der Waals surface area contributed by atoms with Gasteiger partial charge in [0.05, 0.1) is 5.02 Å². The number of halogens is 2. The van der Waals surface area contributed by atoms with Crippen LogP contribution in [0.25, 0.3) is 0 Å². The topological polar surface area (TPSA) is 64.6 Å². The first kappa shape index (κ1) is 18.3. The molecule has 0 spiro atoms. The van der Waals surface area contributed by atoms with E-state index in [2.05, 4.69) is 21.2 Å². The Kier molecular flexibility index (Phi) is 6.63. The zero-order chi connectivity index (χ0) is 17.5. The summed E-state index contributed by atoms with van der Waals surface area (Å²) in [5.74, 6) is 0.0137. The molecule has 0 bridgehead atoms. The van der Waals surface area contributed by atoms with Gasteiger partial charge in [-0.25, -0.2) is 4.79 Å². The van der Waals surface area contributed by atoms with Gasteiger partial charge in [-0.1, -0.05) is 40.5 Å². The maximum absolute atomic E-state index is 11.9. The van der Waals surface area contributed by atoms with Gasteiger partial charge in [-0.15, -0.1) is 0 Å². The SMILES string of the molecule is CCC(=O)Nc1cccc(OC(=O)COc2ccc(Br)cc2Cl)c1. The number of ether oxygens (including phenoxy) is 2. The van der Waals surface area contributed by atoms with Crippen LogP contribution in [0.5, 0.6) is 11.5 Å². The fraction of sp³-hybridized carbons (Fsp3) is 0.176. The molecule has 0 atom stereocenters. The fourth-order valence-corrected chi connectivity index (χ4v) is 2.50. The first-order valence-corrected chi connectivity index (χ1v) is 8.33. The molecule has 0 unspecified atom stereocenters. The van der Waals surface area contributed by atoms with E-state index in [0.717, 1.165) is 4.47 Å². The molecular weight excluding hydrogens is 398 g/mol. The van der Waals surface area contributed by atoms with E-state index in [4.69, 9.17) is 21.1 Å². The number of amides is 1. The molecule has 0 aliphatic heterocycles. The summed E-state index contributed by atoms with van der Waals surface area (Å²) in [5.41, 5.74) is 0.559. The molecule has 0 saturated heterocycles. The van der Waals surface area contributed by atoms with Crippen LogP contribution < -0.4 is 14.8 Å². The molecule has 0 aliphatic rings. The lowest BCUT2D eigenvalue weighted by molar-refractivity contribution is -0.136. The van der Waals surface area contributed by atoms with Crippen molar-refractivity contribution in [2.45, 2.75) is 13.3 Å². The van der Waals surface area contributed by atoms with Crippen molar-refractivity contribution in [1.29, 1.82) is 0 Å². The Morgan fingerprint density at radius 2 is 2.00 bits per heavy atom. The maximum Gasteiger partial charge on any atom is 0.349 e. The Labute approximate surface area is 153 Å². The molecule has 5 nitrogen and oxygen atoms in total. The molecule has 1 N–H and O–H groups in total. The Bertz CT molecular complexity index is 751. The summed E-state index contributed by atoms with van der Waals surface area (Å²) in [6.45, 7) is 1.47. The lowest BCUT2D eigenvalue weighted by Crippen LogP contribution is -2.18. The van der Waals surface area contributed by atoms with Crippen LogP contribution in [0.3, 0.4) is 0 Å². The highest BCUT2D eigenvalue weighted by Crippen LogP contribution is 2.27. The molecule has 2 aromatic rings. The Hall–Kier alpha value is -2.05. The third kappa shape index (κ3) is 5.54. The number of anilines is 1. The van der Waals surface area contributed by atoms with Gasteiger partial charge in [0.1, 0.15) is 11.5 Å². The van der Waals surface area contributed by atoms with Gasteiger partial charge in [-0.2, -0.15) is 0 Å². The number of rotatable bonds is 6. The Morgan fingerprint density at radius 1 is 1.21 bits per heavy atom. The predicted octanol–water partition coefficient (Wildman–Crippen LogP) is 4.44. The summed E-state index contributed by atoms with van der Waals surface area (Å²) >= 11 is 9.30. The summed E-state index contributed by atoms with van der Waals surface area (Å²) in [6, 6.07) is 11.7. The number of benzene rings is 2. The summed E-state index contributed by atoms with van der Waals surface area (Å²) in [6.07, 6.45) is 0.367. The predicted molar refractivity (Wildman–Crippen MR) is 95.6 cm³/mol. The van der Waals surface area contributed by atoms with Crippen LogP contribution in [0.2, 0.25) is 5.02 Å². The van der Waals surface area contributed by atoms with Gasteiger partial charge in [0.25, 0.3) is 0 Å². The van der Waals surface area contributed by atoms with E-state index in [1.54, 1.807) is 49.4 Å². The van der Waals surface area contributed by atoms with E-state index in [0.29, 0.717) is 28.6 Å². The van der Waals surface area contributed by atoms with Crippen LogP contribution in [-0.4, -0.2) is 18.5 Å². The number of nitrogens with one attached hydrogen (secondary N) is 1. The zero-order valence-corrected chi connectivity index (χ0v) is 15.2. The summed E-state index contributed by atoms with van der Waals surface area (Å²) in [7, 11) is 0. The largest absolute Gasteiger partial charge is 0.480 e. The number of carbonyl (C=O) groups is 2. The Balaban J connectivity index is 1.92. The highest BCUT2D eigenvalue weighted by atomic mass is 79.9. The quantitative estimate of drug-likeness (QED) is 0.563. The average molecular weight is 413 g/mol. The molecule has 0 fully saturated rings. The van der Waals surface area contributed by atoms with E-state index < -0.39 is 5.97 Å². The number of esters is 1. The fourth-order valence-electron chi connectivity index (χ4n) is 1.78. The molecule has 0 radical (unpaired) electrons. The van der Waals surface area contributed by atoms with Crippen LogP contribution in [0.4, 0.5) is 5.69 Å². The van der Waals surface area contributed by atoms with E-state index in [9.17, 15) is 9.59 Å². The first-order valence-electron chi connectivity index (χ1n) is 7.16. The average Bonchev–Trinajstić information content (AvgIpc) is 2.54. The van der Waals surface area contributed by atoms with Crippen molar-refractivity contribution in [3.63, 3.8) is 0 Å². The van der Waals surface area contributed by atoms with Gasteiger partial charge < -0.3 is 14.8 Å². The maximum atomic E-state index is 11.9. The van der Waals surface area contributed by atoms with E-state index in [1.165, 1.54) is 0 Å². The van der Waals surface area contributed by atoms with E-state index in [1.807, 2.05) is 0 Å². The smallest absolute Gasteiger partial charge is 0.349 e. The standard InChI is InChI=1S/C17H15BrClNO4/c1-2-16(21)20-12-4-3-5-13(9-12)24-17(22)10-23-15-7-6-11(18)8-14(15)19/h3-9H,2,10H2,1H3,(H,20,21). The van der Waals surface area contributed by atoms with Crippen molar-refractivity contribution in [2.75, 3.05) is 11.9 Å². The molecule has 0 aliphatic carbocycles. The second kappa shape index (κ2) is 8.70. The number of carbonyl (C=O) groups excluding carboxylic acids is 2. The van der Waals surface area contributed by atoms with Gasteiger partial charge in [0.2, 0.25) is 5.91 Å². The molecule has 24 heavy (non-hydrogen) atoms. The first-order chi connectivity index (χ1) is 11.5. The van der Waals surface area contributed by atoms with Crippen molar-refractivity contribution in [1.82, 2.24) is 0 Å². The molecule has 2 aromatic carbocycles. The Morgan fingerprint density at radius 3 is 2.71 bits per heavy atom. The van der Waals surface area contributed by atoms with E-state index in [-0.39, 0.29) is 12.5 Å². The van der Waals surface area contributed by atoms with Gasteiger partial charge in [0, 0.05) is 22.6 Å². The highest BCUT2D eigenvalue weighted by molar-refractivity contribution is 9.10. The van der Waals surface area contributed by atoms with E-state index >= 15 is 0 Å². The normalized spacial score (nSPS) is 10.1. The van der Waals surface area contributed by atoms with Crippen LogP contribution in [0.15, 0.2) is 46.9 Å². The van der Waals surface area contributed by atoms with Crippen LogP contribution in [0, 0.1) is 0 Å². The van der Waals surface area contributed by atoms with Gasteiger partial charge in [-0.3, -0.25) is 4.79 Å². The lowest BCUT2D eigenvalue weighted by Gasteiger charge is -2.09. The van der Waals surface area contributed by atoms with Gasteiger partial charge in [0.15, 0.2) is 6.61 Å². The minimum atomic E-state index is -0.576.